The van der Waals surface area contributed by atoms with Crippen molar-refractivity contribution in [2.24, 2.45) is 0 Å². The van der Waals surface area contributed by atoms with E-state index in [1.807, 2.05) is 24.3 Å². The highest BCUT2D eigenvalue weighted by atomic mass is 79.9. The van der Waals surface area contributed by atoms with Crippen LogP contribution >= 0.6 is 15.9 Å². The van der Waals surface area contributed by atoms with Gasteiger partial charge in [0.15, 0.2) is 0 Å². The summed E-state index contributed by atoms with van der Waals surface area (Å²) in [6, 6.07) is 15.3. The molecule has 0 atom stereocenters. The molecule has 0 aliphatic rings. The summed E-state index contributed by atoms with van der Waals surface area (Å²) in [6.07, 6.45) is 2.24. The highest BCUT2D eigenvalue weighted by Gasteiger charge is 2.13. The molecule has 2 aromatic carbocycles. The number of nitrogens with zero attached hydrogens (tertiary/aromatic N) is 1. The molecule has 1 nitrogen and oxygen atoms in total. The summed E-state index contributed by atoms with van der Waals surface area (Å²) in [5, 5.41) is 0.648. The van der Waals surface area contributed by atoms with Crippen LogP contribution in [-0.4, -0.2) is 6.54 Å². The molecule has 3 heteroatoms. The SMILES string of the molecule is CCCCN(c1ccccc1)c1ccc(F)cc1CBr. The Kier molecular flexibility index (Phi) is 5.60. The Morgan fingerprint density at radius 3 is 2.50 bits per heavy atom. The molecule has 0 aliphatic carbocycles. The summed E-state index contributed by atoms with van der Waals surface area (Å²) >= 11 is 3.46. The number of unbranched alkanes of at least 4 members (excludes halogenated alkanes) is 1. The minimum atomic E-state index is -0.188. The van der Waals surface area contributed by atoms with Crippen LogP contribution in [-0.2, 0) is 5.33 Å². The lowest BCUT2D eigenvalue weighted by molar-refractivity contribution is 0.626. The molecule has 2 rings (SSSR count). The van der Waals surface area contributed by atoms with Crippen LogP contribution in [0.1, 0.15) is 25.3 Å². The molecule has 0 saturated heterocycles. The molecule has 0 N–H and O–H groups in total. The van der Waals surface area contributed by atoms with Crippen LogP contribution in [0, 0.1) is 5.82 Å². The molecule has 0 radical (unpaired) electrons. The molecule has 0 amide bonds. The highest BCUT2D eigenvalue weighted by Crippen LogP contribution is 2.30. The first-order valence-corrected chi connectivity index (χ1v) is 8.05. The maximum Gasteiger partial charge on any atom is 0.123 e. The normalized spacial score (nSPS) is 10.6. The number of hydrogen-bond acceptors (Lipinski definition) is 1. The number of hydrogen-bond donors (Lipinski definition) is 0. The quantitative estimate of drug-likeness (QED) is 0.615. The van der Waals surface area contributed by atoms with Crippen molar-refractivity contribution in [3.8, 4) is 0 Å². The van der Waals surface area contributed by atoms with E-state index in [4.69, 9.17) is 0 Å². The van der Waals surface area contributed by atoms with E-state index in [0.29, 0.717) is 5.33 Å². The molecule has 0 saturated carbocycles. The van der Waals surface area contributed by atoms with Crippen LogP contribution in [0.15, 0.2) is 48.5 Å². The summed E-state index contributed by atoms with van der Waals surface area (Å²) in [4.78, 5) is 2.26. The van der Waals surface area contributed by atoms with E-state index in [1.165, 1.54) is 6.07 Å². The molecule has 0 fully saturated rings. The van der Waals surface area contributed by atoms with Crippen molar-refractivity contribution in [2.75, 3.05) is 11.4 Å². The first kappa shape index (κ1) is 15.0. The smallest absolute Gasteiger partial charge is 0.123 e. The lowest BCUT2D eigenvalue weighted by Gasteiger charge is -2.27. The molecule has 0 aromatic heterocycles. The van der Waals surface area contributed by atoms with Crippen LogP contribution in [0.5, 0.6) is 0 Å². The zero-order valence-electron chi connectivity index (χ0n) is 11.7. The van der Waals surface area contributed by atoms with Crippen molar-refractivity contribution in [1.29, 1.82) is 0 Å². The number of halogens is 2. The van der Waals surface area contributed by atoms with Crippen LogP contribution in [0.4, 0.5) is 15.8 Å². The Morgan fingerprint density at radius 1 is 1.10 bits per heavy atom. The van der Waals surface area contributed by atoms with E-state index in [1.54, 1.807) is 6.07 Å². The van der Waals surface area contributed by atoms with Crippen molar-refractivity contribution >= 4 is 27.3 Å². The van der Waals surface area contributed by atoms with Gasteiger partial charge in [-0.15, -0.1) is 0 Å². The minimum absolute atomic E-state index is 0.188. The molecule has 20 heavy (non-hydrogen) atoms. The molecule has 2 aromatic rings. The third-order valence-electron chi connectivity index (χ3n) is 3.28. The summed E-state index contributed by atoms with van der Waals surface area (Å²) in [7, 11) is 0. The summed E-state index contributed by atoms with van der Waals surface area (Å²) in [5.74, 6) is -0.188. The predicted octanol–water partition coefficient (Wildman–Crippen LogP) is 5.66. The second kappa shape index (κ2) is 7.44. The van der Waals surface area contributed by atoms with E-state index in [0.717, 1.165) is 36.3 Å². The maximum absolute atomic E-state index is 13.4. The molecular formula is C17H19BrFN. The molecule has 0 bridgehead atoms. The first-order chi connectivity index (χ1) is 9.76. The van der Waals surface area contributed by atoms with Gasteiger partial charge in [0, 0.05) is 23.2 Å². The average molecular weight is 336 g/mol. The predicted molar refractivity (Wildman–Crippen MR) is 87.4 cm³/mol. The largest absolute Gasteiger partial charge is 0.341 e. The fraction of sp³-hybridized carbons (Fsp3) is 0.294. The van der Waals surface area contributed by atoms with Gasteiger partial charge in [-0.25, -0.2) is 4.39 Å². The van der Waals surface area contributed by atoms with Gasteiger partial charge < -0.3 is 4.90 Å². The van der Waals surface area contributed by atoms with Crippen molar-refractivity contribution in [3.63, 3.8) is 0 Å². The van der Waals surface area contributed by atoms with Gasteiger partial charge in [0.25, 0.3) is 0 Å². The number of benzene rings is 2. The van der Waals surface area contributed by atoms with Gasteiger partial charge in [-0.2, -0.15) is 0 Å². The van der Waals surface area contributed by atoms with Crippen molar-refractivity contribution in [1.82, 2.24) is 0 Å². The first-order valence-electron chi connectivity index (χ1n) is 6.93. The topological polar surface area (TPSA) is 3.24 Å². The van der Waals surface area contributed by atoms with E-state index >= 15 is 0 Å². The second-order valence-electron chi connectivity index (χ2n) is 4.75. The van der Waals surface area contributed by atoms with Crippen LogP contribution in [0.3, 0.4) is 0 Å². The van der Waals surface area contributed by atoms with Crippen molar-refractivity contribution in [3.05, 3.63) is 59.9 Å². The van der Waals surface area contributed by atoms with Crippen molar-refractivity contribution < 1.29 is 4.39 Å². The number of rotatable bonds is 6. The van der Waals surface area contributed by atoms with E-state index in [9.17, 15) is 4.39 Å². The summed E-state index contributed by atoms with van der Waals surface area (Å²) in [6.45, 7) is 3.12. The van der Waals surface area contributed by atoms with Crippen molar-refractivity contribution in [2.45, 2.75) is 25.1 Å². The van der Waals surface area contributed by atoms with Gasteiger partial charge in [0.1, 0.15) is 5.82 Å². The van der Waals surface area contributed by atoms with Crippen LogP contribution in [0.2, 0.25) is 0 Å². The minimum Gasteiger partial charge on any atom is -0.341 e. The highest BCUT2D eigenvalue weighted by molar-refractivity contribution is 9.08. The zero-order valence-corrected chi connectivity index (χ0v) is 13.2. The Balaban J connectivity index is 2.41. The summed E-state index contributed by atoms with van der Waals surface area (Å²) < 4.78 is 13.4. The van der Waals surface area contributed by atoms with Gasteiger partial charge in [-0.3, -0.25) is 0 Å². The molecule has 0 aliphatic heterocycles. The Hall–Kier alpha value is -1.35. The van der Waals surface area contributed by atoms with E-state index in [-0.39, 0.29) is 5.82 Å². The Morgan fingerprint density at radius 2 is 1.85 bits per heavy atom. The van der Waals surface area contributed by atoms with Gasteiger partial charge in [-0.05, 0) is 42.3 Å². The molecule has 0 unspecified atom stereocenters. The van der Waals surface area contributed by atoms with Crippen LogP contribution < -0.4 is 4.90 Å². The Labute approximate surface area is 128 Å². The van der Waals surface area contributed by atoms with Gasteiger partial charge >= 0.3 is 0 Å². The van der Waals surface area contributed by atoms with Gasteiger partial charge in [0.2, 0.25) is 0 Å². The van der Waals surface area contributed by atoms with E-state index in [2.05, 4.69) is 39.9 Å². The van der Waals surface area contributed by atoms with Gasteiger partial charge in [0.05, 0.1) is 0 Å². The van der Waals surface area contributed by atoms with Gasteiger partial charge in [-0.1, -0.05) is 47.5 Å². The fourth-order valence-corrected chi connectivity index (χ4v) is 2.69. The fourth-order valence-electron chi connectivity index (χ4n) is 2.24. The molecular weight excluding hydrogens is 317 g/mol. The zero-order chi connectivity index (χ0) is 14.4. The molecule has 0 spiro atoms. The second-order valence-corrected chi connectivity index (χ2v) is 5.31. The molecule has 106 valence electrons. The third-order valence-corrected chi connectivity index (χ3v) is 3.88. The Bertz CT molecular complexity index is 542. The number of alkyl halides is 1. The standard InChI is InChI=1S/C17H19BrFN/c1-2-3-11-20(16-7-5-4-6-8-16)17-10-9-15(19)12-14(17)13-18/h4-10,12H,2-3,11,13H2,1H3. The number of anilines is 2. The molecule has 0 heterocycles. The lowest BCUT2D eigenvalue weighted by Crippen LogP contribution is -2.19. The maximum atomic E-state index is 13.4. The average Bonchev–Trinajstić information content (AvgIpc) is 2.49. The summed E-state index contributed by atoms with van der Waals surface area (Å²) in [5.41, 5.74) is 3.20. The van der Waals surface area contributed by atoms with Crippen LogP contribution in [0.25, 0.3) is 0 Å². The number of para-hydroxylation sites is 1. The lowest BCUT2D eigenvalue weighted by atomic mass is 10.1. The third kappa shape index (κ3) is 3.60. The van der Waals surface area contributed by atoms with E-state index < -0.39 is 0 Å². The monoisotopic (exact) mass is 335 g/mol.